The Hall–Kier alpha value is -1.90. The number of nitrogens with one attached hydrogen (secondary N) is 1. The van der Waals surface area contributed by atoms with Crippen LogP contribution in [0, 0.1) is 10.1 Å². The average Bonchev–Trinajstić information content (AvgIpc) is 2.85. The lowest BCUT2D eigenvalue weighted by atomic mass is 10.3. The number of nitro groups is 1. The third-order valence-electron chi connectivity index (χ3n) is 2.17. The van der Waals surface area contributed by atoms with E-state index in [9.17, 15) is 10.1 Å². The largest absolute Gasteiger partial charge is 0.486 e. The zero-order valence-corrected chi connectivity index (χ0v) is 11.1. The van der Waals surface area contributed by atoms with Gasteiger partial charge in [0.2, 0.25) is 0 Å². The molecule has 1 heterocycles. The van der Waals surface area contributed by atoms with Crippen LogP contribution in [0.4, 0.5) is 10.8 Å². The van der Waals surface area contributed by atoms with Crippen LogP contribution in [0.5, 0.6) is 5.75 Å². The van der Waals surface area contributed by atoms with Crippen LogP contribution in [0.15, 0.2) is 24.4 Å². The molecule has 0 atom stereocenters. The molecule has 100 valence electrons. The van der Waals surface area contributed by atoms with Gasteiger partial charge in [0.15, 0.2) is 5.13 Å². The lowest BCUT2D eigenvalue weighted by Gasteiger charge is -2.05. The Bertz CT molecular complexity index is 604. The Morgan fingerprint density at radius 1 is 1.58 bits per heavy atom. The number of nitrogen functional groups attached to an aromatic ring is 1. The fraction of sp³-hybridized carbons (Fsp3) is 0.100. The molecular formula is C10H9ClN4O3S. The quantitative estimate of drug-likeness (QED) is 0.499. The van der Waals surface area contributed by atoms with Gasteiger partial charge in [-0.25, -0.2) is 10.8 Å². The molecule has 1 aromatic carbocycles. The maximum Gasteiger partial charge on any atom is 0.271 e. The summed E-state index contributed by atoms with van der Waals surface area (Å²) < 4.78 is 5.46. The summed E-state index contributed by atoms with van der Waals surface area (Å²) in [7, 11) is 0. The molecule has 7 nitrogen and oxygen atoms in total. The van der Waals surface area contributed by atoms with Crippen molar-refractivity contribution in [3.63, 3.8) is 0 Å². The molecule has 0 aliphatic heterocycles. The number of aromatic nitrogens is 1. The van der Waals surface area contributed by atoms with Crippen molar-refractivity contribution >= 4 is 33.8 Å². The van der Waals surface area contributed by atoms with Crippen LogP contribution in [0.3, 0.4) is 0 Å². The van der Waals surface area contributed by atoms with E-state index in [4.69, 9.17) is 22.2 Å². The predicted octanol–water partition coefficient (Wildman–Crippen LogP) is 2.57. The normalized spacial score (nSPS) is 10.2. The number of benzene rings is 1. The summed E-state index contributed by atoms with van der Waals surface area (Å²) in [6.07, 6.45) is 1.62. The Kier molecular flexibility index (Phi) is 4.15. The fourth-order valence-corrected chi connectivity index (χ4v) is 2.18. The molecule has 0 saturated heterocycles. The molecule has 0 spiro atoms. The average molecular weight is 301 g/mol. The van der Waals surface area contributed by atoms with Crippen molar-refractivity contribution in [1.29, 1.82) is 0 Å². The number of nitrogens with two attached hydrogens (primary N) is 1. The lowest BCUT2D eigenvalue weighted by Crippen LogP contribution is -2.05. The van der Waals surface area contributed by atoms with Gasteiger partial charge in [0.05, 0.1) is 14.8 Å². The van der Waals surface area contributed by atoms with Gasteiger partial charge in [-0.15, -0.1) is 0 Å². The molecule has 0 radical (unpaired) electrons. The standard InChI is InChI=1S/C10H9ClN4O3S/c11-8-3-6(15(16)17)1-2-9(8)18-5-7-4-13-10(14-12)19-7/h1-4H,5,12H2,(H,13,14). The molecule has 2 aromatic rings. The minimum Gasteiger partial charge on any atom is -0.486 e. The number of rotatable bonds is 5. The Labute approximate surface area is 117 Å². The van der Waals surface area contributed by atoms with E-state index in [-0.39, 0.29) is 17.3 Å². The van der Waals surface area contributed by atoms with Crippen LogP contribution in [0.2, 0.25) is 5.02 Å². The van der Waals surface area contributed by atoms with Gasteiger partial charge in [-0.3, -0.25) is 15.5 Å². The minimum atomic E-state index is -0.516. The van der Waals surface area contributed by atoms with E-state index in [0.717, 1.165) is 4.88 Å². The molecule has 2 rings (SSSR count). The molecule has 0 saturated carbocycles. The van der Waals surface area contributed by atoms with Gasteiger partial charge in [-0.2, -0.15) is 0 Å². The molecule has 0 bridgehead atoms. The van der Waals surface area contributed by atoms with E-state index in [1.54, 1.807) is 6.20 Å². The van der Waals surface area contributed by atoms with Gasteiger partial charge in [0.25, 0.3) is 5.69 Å². The van der Waals surface area contributed by atoms with Gasteiger partial charge in [0.1, 0.15) is 12.4 Å². The Morgan fingerprint density at radius 3 is 2.95 bits per heavy atom. The van der Waals surface area contributed by atoms with E-state index >= 15 is 0 Å². The van der Waals surface area contributed by atoms with E-state index in [2.05, 4.69) is 10.4 Å². The monoisotopic (exact) mass is 300 g/mol. The van der Waals surface area contributed by atoms with Crippen molar-refractivity contribution in [2.45, 2.75) is 6.61 Å². The van der Waals surface area contributed by atoms with Crippen LogP contribution in [0.1, 0.15) is 4.88 Å². The highest BCUT2D eigenvalue weighted by Crippen LogP contribution is 2.29. The highest BCUT2D eigenvalue weighted by molar-refractivity contribution is 7.15. The van der Waals surface area contributed by atoms with E-state index in [1.807, 2.05) is 0 Å². The number of nitrogens with zero attached hydrogens (tertiary/aromatic N) is 2. The number of anilines is 1. The zero-order valence-electron chi connectivity index (χ0n) is 9.50. The Balaban J connectivity index is 2.05. The topological polar surface area (TPSA) is 103 Å². The number of hydrogen-bond donors (Lipinski definition) is 2. The second-order valence-corrected chi connectivity index (χ2v) is 4.96. The van der Waals surface area contributed by atoms with Crippen LogP contribution in [0.25, 0.3) is 0 Å². The molecule has 9 heteroatoms. The summed E-state index contributed by atoms with van der Waals surface area (Å²) in [6, 6.07) is 4.04. The maximum absolute atomic E-state index is 10.6. The molecular weight excluding hydrogens is 292 g/mol. The summed E-state index contributed by atoms with van der Waals surface area (Å²) in [6.45, 7) is 0.261. The number of hydrogen-bond acceptors (Lipinski definition) is 7. The first kappa shape index (κ1) is 13.5. The van der Waals surface area contributed by atoms with Gasteiger partial charge in [0, 0.05) is 18.3 Å². The summed E-state index contributed by atoms with van der Waals surface area (Å²) >= 11 is 7.24. The van der Waals surface area contributed by atoms with Gasteiger partial charge in [-0.1, -0.05) is 22.9 Å². The molecule has 19 heavy (non-hydrogen) atoms. The van der Waals surface area contributed by atoms with Gasteiger partial charge >= 0.3 is 0 Å². The molecule has 0 fully saturated rings. The molecule has 0 amide bonds. The van der Waals surface area contributed by atoms with Gasteiger partial charge in [-0.05, 0) is 6.07 Å². The number of ether oxygens (including phenoxy) is 1. The lowest BCUT2D eigenvalue weighted by molar-refractivity contribution is -0.384. The smallest absolute Gasteiger partial charge is 0.271 e. The summed E-state index contributed by atoms with van der Waals surface area (Å²) in [5, 5.41) is 11.3. The minimum absolute atomic E-state index is 0.0789. The van der Waals surface area contributed by atoms with Crippen molar-refractivity contribution in [3.8, 4) is 5.75 Å². The maximum atomic E-state index is 10.6. The van der Waals surface area contributed by atoms with Gasteiger partial charge < -0.3 is 4.74 Å². The van der Waals surface area contributed by atoms with Crippen molar-refractivity contribution in [2.75, 3.05) is 5.43 Å². The third kappa shape index (κ3) is 3.31. The SMILES string of the molecule is NNc1ncc(COc2ccc([N+](=O)[O-])cc2Cl)s1. The number of halogens is 1. The van der Waals surface area contributed by atoms with E-state index in [1.165, 1.54) is 29.5 Å². The first-order valence-corrected chi connectivity index (χ1v) is 6.27. The highest BCUT2D eigenvalue weighted by atomic mass is 35.5. The number of hydrazine groups is 1. The van der Waals surface area contributed by atoms with Crippen molar-refractivity contribution in [3.05, 3.63) is 44.4 Å². The second kappa shape index (κ2) is 5.83. The van der Waals surface area contributed by atoms with Crippen LogP contribution < -0.4 is 16.0 Å². The molecule has 1 aromatic heterocycles. The van der Waals surface area contributed by atoms with Crippen LogP contribution >= 0.6 is 22.9 Å². The summed E-state index contributed by atoms with van der Waals surface area (Å²) in [4.78, 5) is 14.9. The first-order chi connectivity index (χ1) is 9.10. The van der Waals surface area contributed by atoms with Crippen molar-refractivity contribution in [2.24, 2.45) is 5.84 Å². The van der Waals surface area contributed by atoms with Crippen molar-refractivity contribution < 1.29 is 9.66 Å². The summed E-state index contributed by atoms with van der Waals surface area (Å²) in [5.74, 6) is 5.59. The zero-order chi connectivity index (χ0) is 13.8. The molecule has 3 N–H and O–H groups in total. The molecule has 0 aliphatic rings. The Morgan fingerprint density at radius 2 is 2.37 bits per heavy atom. The first-order valence-electron chi connectivity index (χ1n) is 5.08. The van der Waals surface area contributed by atoms with E-state index in [0.29, 0.717) is 10.9 Å². The number of thiazole rings is 1. The number of nitro benzene ring substituents is 1. The van der Waals surface area contributed by atoms with Crippen LogP contribution in [-0.2, 0) is 6.61 Å². The second-order valence-electron chi connectivity index (χ2n) is 3.44. The molecule has 0 unspecified atom stereocenters. The highest BCUT2D eigenvalue weighted by Gasteiger charge is 2.10. The third-order valence-corrected chi connectivity index (χ3v) is 3.37. The number of non-ortho nitro benzene ring substituents is 1. The van der Waals surface area contributed by atoms with E-state index < -0.39 is 4.92 Å². The fourth-order valence-electron chi connectivity index (χ4n) is 1.31. The predicted molar refractivity (Wildman–Crippen MR) is 72.4 cm³/mol. The summed E-state index contributed by atoms with van der Waals surface area (Å²) in [5.41, 5.74) is 2.35. The molecule has 0 aliphatic carbocycles. The van der Waals surface area contributed by atoms with Crippen molar-refractivity contribution in [1.82, 2.24) is 4.98 Å². The van der Waals surface area contributed by atoms with Crippen LogP contribution in [-0.4, -0.2) is 9.91 Å².